The second-order valence-corrected chi connectivity index (χ2v) is 9.02. The van der Waals surface area contributed by atoms with Crippen molar-refractivity contribution in [2.24, 2.45) is 0 Å². The fourth-order valence-corrected chi connectivity index (χ4v) is 3.62. The number of thioether (sulfide) groups is 1. The molecule has 0 aliphatic rings. The number of halogens is 1. The van der Waals surface area contributed by atoms with Crippen molar-refractivity contribution in [2.45, 2.75) is 44.8 Å². The van der Waals surface area contributed by atoms with Crippen LogP contribution in [0.2, 0.25) is 5.02 Å². The van der Waals surface area contributed by atoms with E-state index in [-0.39, 0.29) is 11.3 Å². The summed E-state index contributed by atoms with van der Waals surface area (Å²) in [6, 6.07) is 16.5. The molecule has 4 heteroatoms. The number of nitrogens with one attached hydrogen (secondary N) is 1. The van der Waals surface area contributed by atoms with E-state index in [9.17, 15) is 4.79 Å². The molecule has 0 aliphatic carbocycles. The predicted octanol–water partition coefficient (Wildman–Crippen LogP) is 5.62. The Bertz CT molecular complexity index is 707. The number of hydrogen-bond donors (Lipinski definition) is 1. The molecule has 0 radical (unpaired) electrons. The van der Waals surface area contributed by atoms with Crippen molar-refractivity contribution in [1.82, 2.24) is 5.32 Å². The molecule has 0 saturated heterocycles. The molecular weight excluding hydrogens is 362 g/mol. The molecule has 2 rings (SSSR count). The number of benzene rings is 2. The van der Waals surface area contributed by atoms with Gasteiger partial charge in [-0.05, 0) is 40.7 Å². The lowest BCUT2D eigenvalue weighted by atomic mass is 9.86. The maximum absolute atomic E-state index is 12.0. The Hall–Kier alpha value is -1.45. The van der Waals surface area contributed by atoms with Gasteiger partial charge < -0.3 is 5.32 Å². The molecule has 2 aromatic carbocycles. The van der Waals surface area contributed by atoms with Gasteiger partial charge in [-0.1, -0.05) is 68.8 Å². The molecule has 0 atom stereocenters. The molecule has 140 valence electrons. The summed E-state index contributed by atoms with van der Waals surface area (Å²) >= 11 is 7.78. The molecule has 0 fully saturated rings. The van der Waals surface area contributed by atoms with Gasteiger partial charge in [0.15, 0.2) is 0 Å². The van der Waals surface area contributed by atoms with Gasteiger partial charge in [0.05, 0.1) is 0 Å². The lowest BCUT2D eigenvalue weighted by Gasteiger charge is -2.19. The van der Waals surface area contributed by atoms with E-state index >= 15 is 0 Å². The topological polar surface area (TPSA) is 29.1 Å². The third kappa shape index (κ3) is 7.43. The van der Waals surface area contributed by atoms with Crippen LogP contribution >= 0.6 is 23.4 Å². The monoisotopic (exact) mass is 389 g/mol. The zero-order chi connectivity index (χ0) is 19.0. The Morgan fingerprint density at radius 1 is 1.08 bits per heavy atom. The molecule has 2 nitrogen and oxygen atoms in total. The lowest BCUT2D eigenvalue weighted by Crippen LogP contribution is -2.25. The summed E-state index contributed by atoms with van der Waals surface area (Å²) in [5.41, 5.74) is 3.91. The molecule has 1 N–H and O–H groups in total. The quantitative estimate of drug-likeness (QED) is 0.593. The summed E-state index contributed by atoms with van der Waals surface area (Å²) in [5.74, 6) is 1.93. The first-order valence-electron chi connectivity index (χ1n) is 9.03. The highest BCUT2D eigenvalue weighted by molar-refractivity contribution is 7.98. The van der Waals surface area contributed by atoms with Gasteiger partial charge in [0.25, 0.3) is 0 Å². The Labute approximate surface area is 166 Å². The van der Waals surface area contributed by atoms with Crippen LogP contribution in [0.25, 0.3) is 0 Å². The second kappa shape index (κ2) is 10.0. The van der Waals surface area contributed by atoms with E-state index in [0.717, 1.165) is 22.9 Å². The second-order valence-electron chi connectivity index (χ2n) is 7.48. The minimum Gasteiger partial charge on any atom is -0.355 e. The Morgan fingerprint density at radius 2 is 1.81 bits per heavy atom. The Kier molecular flexibility index (Phi) is 8.05. The van der Waals surface area contributed by atoms with Gasteiger partial charge in [0, 0.05) is 29.5 Å². The molecule has 0 saturated carbocycles. The maximum atomic E-state index is 12.0. The van der Waals surface area contributed by atoms with Gasteiger partial charge in [-0.15, -0.1) is 0 Å². The molecule has 1 amide bonds. The van der Waals surface area contributed by atoms with Gasteiger partial charge in [-0.2, -0.15) is 11.8 Å². The van der Waals surface area contributed by atoms with Crippen LogP contribution in [0.15, 0.2) is 48.5 Å². The summed E-state index contributed by atoms with van der Waals surface area (Å²) < 4.78 is 0. The van der Waals surface area contributed by atoms with Crippen molar-refractivity contribution >= 4 is 29.3 Å². The van der Waals surface area contributed by atoms with Crippen LogP contribution in [0.5, 0.6) is 0 Å². The molecule has 26 heavy (non-hydrogen) atoms. The van der Waals surface area contributed by atoms with Crippen molar-refractivity contribution in [2.75, 3.05) is 12.3 Å². The summed E-state index contributed by atoms with van der Waals surface area (Å²) in [4.78, 5) is 12.0. The normalized spacial score (nSPS) is 11.4. The highest BCUT2D eigenvalue weighted by Crippen LogP contribution is 2.22. The third-order valence-electron chi connectivity index (χ3n) is 4.19. The van der Waals surface area contributed by atoms with E-state index in [4.69, 9.17) is 11.6 Å². The predicted molar refractivity (Wildman–Crippen MR) is 114 cm³/mol. The summed E-state index contributed by atoms with van der Waals surface area (Å²) in [7, 11) is 0. The van der Waals surface area contributed by atoms with Gasteiger partial charge in [-0.3, -0.25) is 4.79 Å². The number of hydrogen-bond acceptors (Lipinski definition) is 2. The van der Waals surface area contributed by atoms with E-state index in [1.165, 1.54) is 16.7 Å². The minimum absolute atomic E-state index is 0.119. The van der Waals surface area contributed by atoms with Crippen molar-refractivity contribution in [3.63, 3.8) is 0 Å². The summed E-state index contributed by atoms with van der Waals surface area (Å²) in [6.07, 6.45) is 1.32. The zero-order valence-corrected chi connectivity index (χ0v) is 17.4. The molecule has 0 aliphatic heterocycles. The smallest absolute Gasteiger partial charge is 0.220 e. The van der Waals surface area contributed by atoms with Crippen molar-refractivity contribution in [3.05, 3.63) is 70.2 Å². The molecule has 0 spiro atoms. The number of carbonyl (C=O) groups excluding carboxylic acids is 1. The van der Waals surface area contributed by atoms with E-state index in [2.05, 4.69) is 56.4 Å². The minimum atomic E-state index is 0.119. The van der Waals surface area contributed by atoms with Crippen LogP contribution in [0.1, 0.15) is 43.9 Å². The number of aryl methyl sites for hydroxylation is 1. The summed E-state index contributed by atoms with van der Waals surface area (Å²) in [5, 5.41) is 3.77. The molecule has 0 bridgehead atoms. The standard InChI is InChI=1S/C22H28ClNOS/c1-22(2,3)19-10-7-17(8-11-19)9-12-21(25)24-13-14-26-16-18-5-4-6-20(23)15-18/h4-8,10-11,15H,9,12-14,16H2,1-3H3,(H,24,25). The first kappa shape index (κ1) is 20.9. The van der Waals surface area contributed by atoms with E-state index in [1.807, 2.05) is 18.2 Å². The Balaban J connectivity index is 1.61. The van der Waals surface area contributed by atoms with Gasteiger partial charge >= 0.3 is 0 Å². The average Bonchev–Trinajstić information content (AvgIpc) is 2.59. The fourth-order valence-electron chi connectivity index (χ4n) is 2.60. The van der Waals surface area contributed by atoms with Crippen LogP contribution in [0.4, 0.5) is 0 Å². The molecule has 2 aromatic rings. The number of amides is 1. The average molecular weight is 390 g/mol. The number of rotatable bonds is 8. The molecular formula is C22H28ClNOS. The summed E-state index contributed by atoms with van der Waals surface area (Å²) in [6.45, 7) is 7.33. The largest absolute Gasteiger partial charge is 0.355 e. The van der Waals surface area contributed by atoms with E-state index in [0.29, 0.717) is 13.0 Å². The first-order chi connectivity index (χ1) is 12.3. The Morgan fingerprint density at radius 3 is 2.46 bits per heavy atom. The highest BCUT2D eigenvalue weighted by Gasteiger charge is 2.12. The fraction of sp³-hybridized carbons (Fsp3) is 0.409. The first-order valence-corrected chi connectivity index (χ1v) is 10.6. The highest BCUT2D eigenvalue weighted by atomic mass is 35.5. The maximum Gasteiger partial charge on any atom is 0.220 e. The van der Waals surface area contributed by atoms with Gasteiger partial charge in [0.2, 0.25) is 5.91 Å². The van der Waals surface area contributed by atoms with Crippen LogP contribution < -0.4 is 5.32 Å². The van der Waals surface area contributed by atoms with Gasteiger partial charge in [0.1, 0.15) is 0 Å². The zero-order valence-electron chi connectivity index (χ0n) is 15.8. The molecule has 0 aromatic heterocycles. The lowest BCUT2D eigenvalue weighted by molar-refractivity contribution is -0.120. The molecule has 0 heterocycles. The van der Waals surface area contributed by atoms with Crippen molar-refractivity contribution < 1.29 is 4.79 Å². The van der Waals surface area contributed by atoms with E-state index < -0.39 is 0 Å². The van der Waals surface area contributed by atoms with Gasteiger partial charge in [-0.25, -0.2) is 0 Å². The van der Waals surface area contributed by atoms with Crippen LogP contribution in [0, 0.1) is 0 Å². The van der Waals surface area contributed by atoms with E-state index in [1.54, 1.807) is 11.8 Å². The third-order valence-corrected chi connectivity index (χ3v) is 5.45. The number of carbonyl (C=O) groups is 1. The van der Waals surface area contributed by atoms with Crippen molar-refractivity contribution in [3.8, 4) is 0 Å². The van der Waals surface area contributed by atoms with Crippen LogP contribution in [0.3, 0.4) is 0 Å². The molecule has 0 unspecified atom stereocenters. The SMILES string of the molecule is CC(C)(C)c1ccc(CCC(=O)NCCSCc2cccc(Cl)c2)cc1. The van der Waals surface area contributed by atoms with Crippen LogP contribution in [-0.4, -0.2) is 18.2 Å². The van der Waals surface area contributed by atoms with Crippen molar-refractivity contribution in [1.29, 1.82) is 0 Å². The van der Waals surface area contributed by atoms with Crippen LogP contribution in [-0.2, 0) is 22.4 Å².